The second-order valence-corrected chi connectivity index (χ2v) is 5.76. The molecule has 4 heteroatoms. The van der Waals surface area contributed by atoms with Gasteiger partial charge in [0.15, 0.2) is 0 Å². The molecule has 112 valence electrons. The standard InChI is InChI=1S/C16H28N4/c1-4-7-14-8-6-10-20(11-9-14)16-12-15(17-5-2)18-13(3)19-16/h12,14H,4-11H2,1-3H3,(H,17,18,19). The van der Waals surface area contributed by atoms with Crippen LogP contribution in [-0.2, 0) is 0 Å². The van der Waals surface area contributed by atoms with Crippen LogP contribution in [0.5, 0.6) is 0 Å². The van der Waals surface area contributed by atoms with Gasteiger partial charge in [-0.15, -0.1) is 0 Å². The summed E-state index contributed by atoms with van der Waals surface area (Å²) in [5.41, 5.74) is 0. The lowest BCUT2D eigenvalue weighted by Crippen LogP contribution is -2.25. The molecular weight excluding hydrogens is 248 g/mol. The highest BCUT2D eigenvalue weighted by Crippen LogP contribution is 2.25. The monoisotopic (exact) mass is 276 g/mol. The number of hydrogen-bond acceptors (Lipinski definition) is 4. The van der Waals surface area contributed by atoms with E-state index >= 15 is 0 Å². The third-order valence-corrected chi connectivity index (χ3v) is 4.05. The second kappa shape index (κ2) is 7.46. The van der Waals surface area contributed by atoms with Crippen LogP contribution in [0.4, 0.5) is 11.6 Å². The van der Waals surface area contributed by atoms with Crippen LogP contribution >= 0.6 is 0 Å². The van der Waals surface area contributed by atoms with Gasteiger partial charge in [0.25, 0.3) is 0 Å². The van der Waals surface area contributed by atoms with Crippen LogP contribution in [0.1, 0.15) is 51.8 Å². The number of hydrogen-bond donors (Lipinski definition) is 1. The van der Waals surface area contributed by atoms with E-state index < -0.39 is 0 Å². The molecule has 1 aromatic heterocycles. The Morgan fingerprint density at radius 1 is 1.25 bits per heavy atom. The molecule has 1 saturated heterocycles. The molecular formula is C16H28N4. The van der Waals surface area contributed by atoms with Crippen molar-refractivity contribution >= 4 is 11.6 Å². The quantitative estimate of drug-likeness (QED) is 0.891. The van der Waals surface area contributed by atoms with Crippen molar-refractivity contribution in [1.29, 1.82) is 0 Å². The van der Waals surface area contributed by atoms with Crippen molar-refractivity contribution in [3.63, 3.8) is 0 Å². The van der Waals surface area contributed by atoms with E-state index in [1.54, 1.807) is 0 Å². The molecule has 2 heterocycles. The van der Waals surface area contributed by atoms with Crippen molar-refractivity contribution < 1.29 is 0 Å². The smallest absolute Gasteiger partial charge is 0.134 e. The Kier molecular flexibility index (Phi) is 5.62. The van der Waals surface area contributed by atoms with Crippen molar-refractivity contribution in [2.75, 3.05) is 29.9 Å². The van der Waals surface area contributed by atoms with Crippen LogP contribution in [0.2, 0.25) is 0 Å². The lowest BCUT2D eigenvalue weighted by molar-refractivity contribution is 0.435. The topological polar surface area (TPSA) is 41.0 Å². The van der Waals surface area contributed by atoms with E-state index in [0.717, 1.165) is 43.0 Å². The van der Waals surface area contributed by atoms with E-state index in [0.29, 0.717) is 0 Å². The highest BCUT2D eigenvalue weighted by Gasteiger charge is 2.18. The summed E-state index contributed by atoms with van der Waals surface area (Å²) < 4.78 is 0. The molecule has 0 aromatic carbocycles. The molecule has 1 aliphatic heterocycles. The molecule has 0 bridgehead atoms. The molecule has 1 aliphatic rings. The maximum Gasteiger partial charge on any atom is 0.134 e. The second-order valence-electron chi connectivity index (χ2n) is 5.76. The van der Waals surface area contributed by atoms with Crippen LogP contribution in [-0.4, -0.2) is 29.6 Å². The molecule has 0 amide bonds. The summed E-state index contributed by atoms with van der Waals surface area (Å²) >= 11 is 0. The maximum absolute atomic E-state index is 4.63. The highest BCUT2D eigenvalue weighted by atomic mass is 15.2. The van der Waals surface area contributed by atoms with E-state index in [-0.39, 0.29) is 0 Å². The van der Waals surface area contributed by atoms with Crippen molar-refractivity contribution in [2.45, 2.75) is 52.9 Å². The Morgan fingerprint density at radius 2 is 2.10 bits per heavy atom. The maximum atomic E-state index is 4.63. The first kappa shape index (κ1) is 15.1. The van der Waals surface area contributed by atoms with Gasteiger partial charge in [0.2, 0.25) is 0 Å². The molecule has 0 aliphatic carbocycles. The van der Waals surface area contributed by atoms with Gasteiger partial charge < -0.3 is 10.2 Å². The third-order valence-electron chi connectivity index (χ3n) is 4.05. The Bertz CT molecular complexity index is 419. The molecule has 20 heavy (non-hydrogen) atoms. The first-order valence-corrected chi connectivity index (χ1v) is 8.07. The summed E-state index contributed by atoms with van der Waals surface area (Å²) in [6.07, 6.45) is 6.63. The highest BCUT2D eigenvalue weighted by molar-refractivity contribution is 5.49. The number of aryl methyl sites for hydroxylation is 1. The Balaban J connectivity index is 2.07. The Labute approximate surface area is 123 Å². The molecule has 4 nitrogen and oxygen atoms in total. The van der Waals surface area contributed by atoms with Crippen molar-refractivity contribution in [3.05, 3.63) is 11.9 Å². The fourth-order valence-corrected chi connectivity index (χ4v) is 3.08. The Hall–Kier alpha value is -1.32. The van der Waals surface area contributed by atoms with E-state index in [9.17, 15) is 0 Å². The van der Waals surface area contributed by atoms with Crippen molar-refractivity contribution in [3.8, 4) is 0 Å². The lowest BCUT2D eigenvalue weighted by Gasteiger charge is -2.22. The summed E-state index contributed by atoms with van der Waals surface area (Å²) in [4.78, 5) is 11.5. The summed E-state index contributed by atoms with van der Waals surface area (Å²) in [6, 6.07) is 2.09. The minimum Gasteiger partial charge on any atom is -0.370 e. The average Bonchev–Trinajstić information content (AvgIpc) is 2.65. The zero-order valence-corrected chi connectivity index (χ0v) is 13.2. The van der Waals surface area contributed by atoms with Gasteiger partial charge in [-0.25, -0.2) is 9.97 Å². The first-order chi connectivity index (χ1) is 9.72. The van der Waals surface area contributed by atoms with E-state index in [2.05, 4.69) is 40.1 Å². The molecule has 1 aromatic rings. The number of nitrogens with zero attached hydrogens (tertiary/aromatic N) is 3. The van der Waals surface area contributed by atoms with Gasteiger partial charge in [-0.3, -0.25) is 0 Å². The van der Waals surface area contributed by atoms with Crippen molar-refractivity contribution in [2.24, 2.45) is 5.92 Å². The van der Waals surface area contributed by atoms with E-state index in [1.807, 2.05) is 6.92 Å². The molecule has 1 unspecified atom stereocenters. The number of nitrogens with one attached hydrogen (secondary N) is 1. The minimum atomic E-state index is 0.854. The van der Waals surface area contributed by atoms with Crippen molar-refractivity contribution in [1.82, 2.24) is 9.97 Å². The summed E-state index contributed by atoms with van der Waals surface area (Å²) in [6.45, 7) is 9.52. The van der Waals surface area contributed by atoms with Crippen LogP contribution < -0.4 is 10.2 Å². The Morgan fingerprint density at radius 3 is 2.85 bits per heavy atom. The molecule has 1 N–H and O–H groups in total. The van der Waals surface area contributed by atoms with Gasteiger partial charge >= 0.3 is 0 Å². The first-order valence-electron chi connectivity index (χ1n) is 8.07. The average molecular weight is 276 g/mol. The van der Waals surface area contributed by atoms with Gasteiger partial charge in [0.05, 0.1) is 0 Å². The number of aromatic nitrogens is 2. The minimum absolute atomic E-state index is 0.854. The van der Waals surface area contributed by atoms with Gasteiger partial charge in [0.1, 0.15) is 17.5 Å². The van der Waals surface area contributed by atoms with Crippen LogP contribution in [0, 0.1) is 12.8 Å². The van der Waals surface area contributed by atoms with Gasteiger partial charge in [-0.1, -0.05) is 19.8 Å². The molecule has 0 spiro atoms. The lowest BCUT2D eigenvalue weighted by atomic mass is 9.96. The van der Waals surface area contributed by atoms with Crippen LogP contribution in [0.15, 0.2) is 6.07 Å². The van der Waals surface area contributed by atoms with Crippen LogP contribution in [0.3, 0.4) is 0 Å². The van der Waals surface area contributed by atoms with E-state index in [1.165, 1.54) is 32.1 Å². The molecule has 2 rings (SSSR count). The van der Waals surface area contributed by atoms with E-state index in [4.69, 9.17) is 0 Å². The zero-order valence-electron chi connectivity index (χ0n) is 13.2. The number of anilines is 2. The molecule has 1 fully saturated rings. The third kappa shape index (κ3) is 4.09. The summed E-state index contributed by atoms with van der Waals surface area (Å²) in [5.74, 6) is 3.80. The summed E-state index contributed by atoms with van der Waals surface area (Å²) in [7, 11) is 0. The normalized spacial score (nSPS) is 19.8. The fourth-order valence-electron chi connectivity index (χ4n) is 3.08. The van der Waals surface area contributed by atoms with Gasteiger partial charge in [0, 0.05) is 25.7 Å². The molecule has 0 radical (unpaired) electrons. The van der Waals surface area contributed by atoms with Gasteiger partial charge in [-0.2, -0.15) is 0 Å². The number of rotatable bonds is 5. The largest absolute Gasteiger partial charge is 0.370 e. The van der Waals surface area contributed by atoms with Gasteiger partial charge in [-0.05, 0) is 39.0 Å². The molecule has 1 atom stereocenters. The predicted octanol–water partition coefficient (Wildman–Crippen LogP) is 3.62. The molecule has 0 saturated carbocycles. The van der Waals surface area contributed by atoms with Crippen LogP contribution in [0.25, 0.3) is 0 Å². The zero-order chi connectivity index (χ0) is 14.4. The summed E-state index contributed by atoms with van der Waals surface area (Å²) in [5, 5.41) is 3.29. The fraction of sp³-hybridized carbons (Fsp3) is 0.750. The predicted molar refractivity (Wildman–Crippen MR) is 85.4 cm³/mol. The SMILES string of the molecule is CCCC1CCCN(c2cc(NCC)nc(C)n2)CC1.